The van der Waals surface area contributed by atoms with Crippen LogP contribution in [0.4, 0.5) is 0 Å². The molecule has 1 radical (unpaired) electrons. The normalized spacial score (nSPS) is 3.60. The van der Waals surface area contributed by atoms with E-state index < -0.39 is 0 Å². The van der Waals surface area contributed by atoms with Gasteiger partial charge in [-0.05, 0) is 0 Å². The van der Waals surface area contributed by atoms with Crippen LogP contribution in [0.1, 0.15) is 0 Å². The van der Waals surface area contributed by atoms with Crippen LogP contribution in [0.3, 0.4) is 0 Å². The molecule has 0 aromatic heterocycles. The first-order valence-electron chi connectivity index (χ1n) is 0.418. The molecule has 0 spiro atoms. The maximum atomic E-state index is 2.59. The van der Waals surface area contributed by atoms with Crippen LogP contribution in [0, 0.1) is 0 Å². The number of rotatable bonds is 0. The molecule has 0 saturated heterocycles. The Morgan fingerprint density at radius 2 is 1.60 bits per heavy atom. The fourth-order valence-electron chi connectivity index (χ4n) is 0. The van der Waals surface area contributed by atoms with Crippen molar-refractivity contribution in [2.24, 2.45) is 0 Å². The van der Waals surface area contributed by atoms with E-state index in [2.05, 4.69) is 14.2 Å². The molecule has 0 heterocycles. The van der Waals surface area contributed by atoms with Gasteiger partial charge < -0.3 is 0 Å². The van der Waals surface area contributed by atoms with Crippen LogP contribution in [-0.4, -0.2) is 64.5 Å². The van der Waals surface area contributed by atoms with Crippen molar-refractivity contribution in [1.29, 1.82) is 0 Å². The molecule has 0 rings (SSSR count). The SMILES string of the molecule is [Cu].[GaH3].[SeH][Se][SbH2]. The summed E-state index contributed by atoms with van der Waals surface area (Å²) in [6.45, 7) is 0. The van der Waals surface area contributed by atoms with Crippen molar-refractivity contribution >= 4 is 64.5 Å². The van der Waals surface area contributed by atoms with Crippen LogP contribution in [0.5, 0.6) is 0 Å². The van der Waals surface area contributed by atoms with Gasteiger partial charge in [0.1, 0.15) is 0 Å². The first kappa shape index (κ1) is 15.7. The average Bonchev–Trinajstić information content (AvgIpc) is 0.918. The molecule has 0 aliphatic heterocycles. The fourth-order valence-corrected chi connectivity index (χ4v) is 0. The molecule has 0 saturated carbocycles. The summed E-state index contributed by atoms with van der Waals surface area (Å²) in [6, 6.07) is 0. The van der Waals surface area contributed by atoms with E-state index in [0.29, 0.717) is 0 Å². The van der Waals surface area contributed by atoms with Crippen molar-refractivity contribution in [2.45, 2.75) is 0 Å². The van der Waals surface area contributed by atoms with Gasteiger partial charge in [-0.15, -0.1) is 0 Å². The predicted octanol–water partition coefficient (Wildman–Crippen LogP) is -3.13. The van der Waals surface area contributed by atoms with Crippen LogP contribution in [0.25, 0.3) is 0 Å². The summed E-state index contributed by atoms with van der Waals surface area (Å²) in [6.07, 6.45) is 0. The van der Waals surface area contributed by atoms with E-state index in [9.17, 15) is 0 Å². The Hall–Kier alpha value is 3.01. The third-order valence-corrected chi connectivity index (χ3v) is 0. The Morgan fingerprint density at radius 3 is 1.60 bits per heavy atom. The monoisotopic (exact) mass is 419 g/mol. The second kappa shape index (κ2) is 15.7. The zero-order valence-electron chi connectivity index (χ0n) is 1.73. The van der Waals surface area contributed by atoms with E-state index in [-0.39, 0.29) is 36.9 Å². The van der Waals surface area contributed by atoms with E-state index in [0.717, 1.165) is 9.79 Å². The molecule has 0 aliphatic rings. The van der Waals surface area contributed by atoms with Crippen LogP contribution in [-0.2, 0) is 17.1 Å². The Labute approximate surface area is 80.1 Å². The summed E-state index contributed by atoms with van der Waals surface area (Å²) in [4.78, 5) is 0. The molecule has 0 amide bonds. The second-order valence-electron chi connectivity index (χ2n) is 0.105. The van der Waals surface area contributed by atoms with E-state index >= 15 is 0 Å². The molecule has 0 fully saturated rings. The van der Waals surface area contributed by atoms with Crippen molar-refractivity contribution < 1.29 is 17.1 Å². The summed E-state index contributed by atoms with van der Waals surface area (Å²) in [5, 5.41) is 0. The first-order chi connectivity index (χ1) is 1.41. The molecule has 37 valence electrons. The van der Waals surface area contributed by atoms with Gasteiger partial charge in [0, 0.05) is 17.1 Å². The topological polar surface area (TPSA) is 0 Å². The molecular formula is H6CuGaSbSe2. The van der Waals surface area contributed by atoms with E-state index in [1.807, 2.05) is 0 Å². The second-order valence-corrected chi connectivity index (χ2v) is 19.1. The first-order valence-corrected chi connectivity index (χ1v) is 13.1. The van der Waals surface area contributed by atoms with Gasteiger partial charge in [0.15, 0.2) is 0 Å². The van der Waals surface area contributed by atoms with Crippen molar-refractivity contribution in [1.82, 2.24) is 0 Å². The Kier molecular flexibility index (Phi) is 49.4. The van der Waals surface area contributed by atoms with Gasteiger partial charge in [0.25, 0.3) is 0 Å². The molecular weight excluding hydrogens is 413 g/mol. The van der Waals surface area contributed by atoms with Crippen LogP contribution >= 0.6 is 0 Å². The molecule has 0 N–H and O–H groups in total. The van der Waals surface area contributed by atoms with Gasteiger partial charge in [-0.25, -0.2) is 0 Å². The molecule has 0 nitrogen and oxygen atoms in total. The average molecular weight is 419 g/mol. The van der Waals surface area contributed by atoms with Crippen molar-refractivity contribution in [3.63, 3.8) is 0 Å². The molecule has 0 atom stereocenters. The summed E-state index contributed by atoms with van der Waals surface area (Å²) in [5.41, 5.74) is 0. The van der Waals surface area contributed by atoms with Gasteiger partial charge in [-0.2, -0.15) is 0 Å². The number of hydrogen-bond donors (Lipinski definition) is 0. The minimum absolute atomic E-state index is 0. The third-order valence-electron chi connectivity index (χ3n) is 0. The summed E-state index contributed by atoms with van der Waals surface area (Å²) < 4.78 is 0. The molecule has 0 aliphatic carbocycles. The summed E-state index contributed by atoms with van der Waals surface area (Å²) >= 11 is 4.04. The van der Waals surface area contributed by atoms with Gasteiger partial charge in [0.05, 0.1) is 0 Å². The summed E-state index contributed by atoms with van der Waals surface area (Å²) in [7, 11) is 0.942. The van der Waals surface area contributed by atoms with Gasteiger partial charge >= 0.3 is 64.5 Å². The zero-order chi connectivity index (χ0) is 2.71. The Morgan fingerprint density at radius 1 is 1.60 bits per heavy atom. The Balaban J connectivity index is -0.0000000200. The van der Waals surface area contributed by atoms with Crippen molar-refractivity contribution in [3.05, 3.63) is 0 Å². The van der Waals surface area contributed by atoms with E-state index in [1.54, 1.807) is 0 Å². The maximum absolute atomic E-state index is 2.59. The summed E-state index contributed by atoms with van der Waals surface area (Å²) in [5.74, 6) is 0. The minimum atomic E-state index is 0. The van der Waals surface area contributed by atoms with Crippen molar-refractivity contribution in [2.75, 3.05) is 0 Å². The molecule has 0 unspecified atom stereocenters. The fraction of sp³-hybridized carbons (Fsp3) is 0. The van der Waals surface area contributed by atoms with Crippen molar-refractivity contribution in [3.8, 4) is 0 Å². The zero-order valence-corrected chi connectivity index (χ0v) is 9.56. The van der Waals surface area contributed by atoms with Crippen LogP contribution in [0.15, 0.2) is 0 Å². The molecule has 0 bridgehead atoms. The van der Waals surface area contributed by atoms with E-state index in [4.69, 9.17) is 0 Å². The predicted molar refractivity (Wildman–Crippen MR) is 31.4 cm³/mol. The van der Waals surface area contributed by atoms with Crippen LogP contribution in [0.2, 0.25) is 0 Å². The third kappa shape index (κ3) is 19.4. The van der Waals surface area contributed by atoms with Gasteiger partial charge in [0.2, 0.25) is 0 Å². The number of hydrogen-bond acceptors (Lipinski definition) is 0. The molecule has 5 heavy (non-hydrogen) atoms. The Bertz CT molecular complexity index is 9.61. The molecule has 0 aromatic rings. The molecule has 0 aromatic carbocycles. The molecule has 5 heteroatoms. The van der Waals surface area contributed by atoms with Crippen LogP contribution < -0.4 is 0 Å². The van der Waals surface area contributed by atoms with Gasteiger partial charge in [-0.1, -0.05) is 0 Å². The van der Waals surface area contributed by atoms with Gasteiger partial charge in [-0.3, -0.25) is 0 Å². The standard InChI is InChI=1S/Cu.Ga.Sb.H2Se2.5H/c;;;1-2;;;;;/h;;;1-2H;;;;;/q;;+1;;;;;;/p-1. The quantitative estimate of drug-likeness (QED) is 0.365. The van der Waals surface area contributed by atoms with E-state index in [1.165, 1.54) is 20.7 Å².